The van der Waals surface area contributed by atoms with E-state index in [1.807, 2.05) is 30.3 Å². The number of hydrogen-bond donors (Lipinski definition) is 3. The number of aromatic nitrogens is 2. The summed E-state index contributed by atoms with van der Waals surface area (Å²) in [5, 5.41) is 12.5. The molecule has 36 heavy (non-hydrogen) atoms. The third kappa shape index (κ3) is 5.88. The standard InChI is InChI=1S/C27H34N6O3/c1-27(18-28,21-12-13-21)31-22(34)17-32(15-14-19-8-4-2-5-9-19)23-24(29)33(26(36)30-25(23)35)16-20-10-6-3-7-11-20/h3,6-8,10-11,21H,2,4-5,9,12-17,29H2,1H3,(H,31,34)(H,30,35,36). The molecular weight excluding hydrogens is 456 g/mol. The fraction of sp³-hybridized carbons (Fsp3) is 0.481. The highest BCUT2D eigenvalue weighted by Crippen LogP contribution is 2.39. The van der Waals surface area contributed by atoms with E-state index in [-0.39, 0.29) is 36.4 Å². The molecular formula is C27H34N6O3. The van der Waals surface area contributed by atoms with Gasteiger partial charge in [0, 0.05) is 6.54 Å². The number of nitrogen functional groups attached to an aromatic ring is 1. The molecule has 1 aromatic heterocycles. The molecule has 9 nitrogen and oxygen atoms in total. The molecule has 1 amide bonds. The number of hydrogen-bond acceptors (Lipinski definition) is 6. The summed E-state index contributed by atoms with van der Waals surface area (Å²) < 4.78 is 1.32. The van der Waals surface area contributed by atoms with Gasteiger partial charge < -0.3 is 16.0 Å². The zero-order chi connectivity index (χ0) is 25.7. The largest absolute Gasteiger partial charge is 0.383 e. The fourth-order valence-electron chi connectivity index (χ4n) is 4.87. The summed E-state index contributed by atoms with van der Waals surface area (Å²) in [7, 11) is 0. The first-order valence-corrected chi connectivity index (χ1v) is 12.6. The van der Waals surface area contributed by atoms with Crippen molar-refractivity contribution in [2.24, 2.45) is 5.92 Å². The molecule has 1 heterocycles. The molecule has 0 spiro atoms. The molecule has 1 aromatic carbocycles. The highest BCUT2D eigenvalue weighted by Gasteiger charge is 2.43. The Hall–Kier alpha value is -3.80. The number of nitrogens with one attached hydrogen (secondary N) is 2. The molecule has 4 rings (SSSR count). The third-order valence-corrected chi connectivity index (χ3v) is 7.16. The van der Waals surface area contributed by atoms with Crippen LogP contribution >= 0.6 is 0 Å². The zero-order valence-corrected chi connectivity index (χ0v) is 20.8. The Bertz CT molecular complexity index is 1290. The molecule has 9 heteroatoms. The number of H-pyrrole nitrogens is 1. The molecule has 0 aliphatic heterocycles. The van der Waals surface area contributed by atoms with Crippen molar-refractivity contribution in [1.29, 1.82) is 5.26 Å². The van der Waals surface area contributed by atoms with Crippen molar-refractivity contribution in [3.8, 4) is 6.07 Å². The zero-order valence-electron chi connectivity index (χ0n) is 20.8. The fourth-order valence-corrected chi connectivity index (χ4v) is 4.87. The van der Waals surface area contributed by atoms with Gasteiger partial charge in [-0.05, 0) is 63.4 Å². The van der Waals surface area contributed by atoms with Gasteiger partial charge in [0.2, 0.25) is 5.91 Å². The molecule has 0 saturated heterocycles. The van der Waals surface area contributed by atoms with Crippen molar-refractivity contribution in [1.82, 2.24) is 14.9 Å². The molecule has 1 atom stereocenters. The van der Waals surface area contributed by atoms with E-state index in [9.17, 15) is 19.6 Å². The number of amides is 1. The Morgan fingerprint density at radius 2 is 2.03 bits per heavy atom. The molecule has 2 aliphatic carbocycles. The predicted octanol–water partition coefficient (Wildman–Crippen LogP) is 2.67. The predicted molar refractivity (Wildman–Crippen MR) is 140 cm³/mol. The summed E-state index contributed by atoms with van der Waals surface area (Å²) in [6.45, 7) is 2.17. The number of nitrogens with two attached hydrogens (primary N) is 1. The van der Waals surface area contributed by atoms with Crippen molar-refractivity contribution in [2.75, 3.05) is 23.7 Å². The summed E-state index contributed by atoms with van der Waals surface area (Å²) in [5.41, 5.74) is 6.50. The number of nitrogens with zero attached hydrogens (tertiary/aromatic N) is 3. The first-order chi connectivity index (χ1) is 17.3. The Morgan fingerprint density at radius 3 is 2.67 bits per heavy atom. The van der Waals surface area contributed by atoms with Crippen LogP contribution in [-0.2, 0) is 11.3 Å². The van der Waals surface area contributed by atoms with E-state index in [1.54, 1.807) is 11.8 Å². The monoisotopic (exact) mass is 490 g/mol. The molecule has 0 bridgehead atoms. The average molecular weight is 491 g/mol. The van der Waals surface area contributed by atoms with Crippen molar-refractivity contribution in [3.05, 3.63) is 68.4 Å². The van der Waals surface area contributed by atoms with E-state index >= 15 is 0 Å². The Morgan fingerprint density at radius 1 is 1.28 bits per heavy atom. The van der Waals surface area contributed by atoms with Crippen molar-refractivity contribution >= 4 is 17.4 Å². The Labute approximate surface area is 210 Å². The lowest BCUT2D eigenvalue weighted by molar-refractivity contribution is -0.121. The van der Waals surface area contributed by atoms with Crippen LogP contribution in [0.3, 0.4) is 0 Å². The normalized spacial score (nSPS) is 16.9. The van der Waals surface area contributed by atoms with Crippen LogP contribution in [0.25, 0.3) is 0 Å². The second-order valence-electron chi connectivity index (χ2n) is 9.98. The van der Waals surface area contributed by atoms with Crippen LogP contribution in [-0.4, -0.2) is 34.1 Å². The van der Waals surface area contributed by atoms with Gasteiger partial charge in [0.1, 0.15) is 17.0 Å². The number of rotatable bonds is 10. The Kier molecular flexibility index (Phi) is 7.63. The van der Waals surface area contributed by atoms with Crippen molar-refractivity contribution in [2.45, 2.75) is 64.0 Å². The molecule has 190 valence electrons. The third-order valence-electron chi connectivity index (χ3n) is 7.16. The lowest BCUT2D eigenvalue weighted by Crippen LogP contribution is -2.51. The highest BCUT2D eigenvalue weighted by molar-refractivity contribution is 5.83. The van der Waals surface area contributed by atoms with Gasteiger partial charge in [-0.15, -0.1) is 0 Å². The van der Waals surface area contributed by atoms with Crippen LogP contribution in [0.15, 0.2) is 51.6 Å². The van der Waals surface area contributed by atoms with E-state index in [4.69, 9.17) is 5.73 Å². The SMILES string of the molecule is CC(C#N)(NC(=O)CN(CCC1=CCCCC1)c1c(N)n(Cc2ccccc2)c(=O)[nH]c1=O)C1CC1. The minimum absolute atomic E-state index is 0.0169. The maximum Gasteiger partial charge on any atom is 0.330 e. The molecule has 1 fully saturated rings. The first-order valence-electron chi connectivity index (χ1n) is 12.6. The smallest absolute Gasteiger partial charge is 0.330 e. The van der Waals surface area contributed by atoms with E-state index in [1.165, 1.54) is 16.6 Å². The summed E-state index contributed by atoms with van der Waals surface area (Å²) >= 11 is 0. The number of allylic oxidation sites excluding steroid dienone is 1. The average Bonchev–Trinajstić information content (AvgIpc) is 3.72. The first kappa shape index (κ1) is 25.3. The second kappa shape index (κ2) is 10.9. The van der Waals surface area contributed by atoms with E-state index in [0.29, 0.717) is 13.0 Å². The van der Waals surface area contributed by atoms with Gasteiger partial charge >= 0.3 is 5.69 Å². The van der Waals surface area contributed by atoms with Crippen LogP contribution in [0.5, 0.6) is 0 Å². The molecule has 2 aliphatic rings. The topological polar surface area (TPSA) is 137 Å². The molecule has 2 aromatic rings. The van der Waals surface area contributed by atoms with Crippen molar-refractivity contribution < 1.29 is 4.79 Å². The number of carbonyl (C=O) groups is 1. The van der Waals surface area contributed by atoms with Crippen LogP contribution in [0.2, 0.25) is 0 Å². The minimum Gasteiger partial charge on any atom is -0.383 e. The van der Waals surface area contributed by atoms with E-state index in [0.717, 1.165) is 37.7 Å². The van der Waals surface area contributed by atoms with Gasteiger partial charge in [0.05, 0.1) is 19.2 Å². The molecule has 1 saturated carbocycles. The van der Waals surface area contributed by atoms with Crippen LogP contribution < -0.4 is 27.2 Å². The lowest BCUT2D eigenvalue weighted by Gasteiger charge is -2.29. The van der Waals surface area contributed by atoms with Gasteiger partial charge in [0.25, 0.3) is 5.56 Å². The second-order valence-corrected chi connectivity index (χ2v) is 9.98. The number of anilines is 2. The van der Waals surface area contributed by atoms with Gasteiger partial charge in [-0.3, -0.25) is 19.1 Å². The van der Waals surface area contributed by atoms with Crippen LogP contribution in [0, 0.1) is 17.2 Å². The summed E-state index contributed by atoms with van der Waals surface area (Å²) in [5.74, 6) is -0.208. The van der Waals surface area contributed by atoms with Gasteiger partial charge in [-0.1, -0.05) is 42.0 Å². The summed E-state index contributed by atoms with van der Waals surface area (Å²) in [6, 6.07) is 11.6. The summed E-state index contributed by atoms with van der Waals surface area (Å²) in [6.07, 6.45) is 9.03. The van der Waals surface area contributed by atoms with E-state index in [2.05, 4.69) is 22.4 Å². The van der Waals surface area contributed by atoms with Gasteiger partial charge in [-0.25, -0.2) is 4.79 Å². The number of carbonyl (C=O) groups excluding carboxylic acids is 1. The number of aromatic amines is 1. The quantitative estimate of drug-likeness (QED) is 0.438. The van der Waals surface area contributed by atoms with Gasteiger partial charge in [0.15, 0.2) is 0 Å². The van der Waals surface area contributed by atoms with Crippen molar-refractivity contribution in [3.63, 3.8) is 0 Å². The van der Waals surface area contributed by atoms with Gasteiger partial charge in [-0.2, -0.15) is 5.26 Å². The minimum atomic E-state index is -0.946. The maximum absolute atomic E-state index is 13.1. The molecule has 1 unspecified atom stereocenters. The Balaban J connectivity index is 1.64. The lowest BCUT2D eigenvalue weighted by atomic mass is 9.97. The van der Waals surface area contributed by atoms with Crippen LogP contribution in [0.4, 0.5) is 11.5 Å². The highest BCUT2D eigenvalue weighted by atomic mass is 16.2. The summed E-state index contributed by atoms with van der Waals surface area (Å²) in [4.78, 5) is 42.8. The van der Waals surface area contributed by atoms with E-state index < -0.39 is 16.8 Å². The molecule has 0 radical (unpaired) electrons. The molecule has 4 N–H and O–H groups in total. The van der Waals surface area contributed by atoms with Crippen LogP contribution in [0.1, 0.15) is 57.4 Å². The number of nitriles is 1. The maximum atomic E-state index is 13.1. The number of benzene rings is 1.